The molecule has 0 unspecified atom stereocenters. The zero-order chi connectivity index (χ0) is 21.7. The van der Waals surface area contributed by atoms with E-state index in [1.807, 2.05) is 73.6 Å². The van der Waals surface area contributed by atoms with Crippen molar-refractivity contribution in [2.75, 3.05) is 36.1 Å². The molecule has 3 aromatic carbocycles. The van der Waals surface area contributed by atoms with E-state index in [0.717, 1.165) is 32.6 Å². The number of hydrogen-bond donors (Lipinski definition) is 1. The number of carbonyl (C=O) groups is 1. The van der Waals surface area contributed by atoms with Crippen LogP contribution in [0.1, 0.15) is 5.56 Å². The van der Waals surface area contributed by atoms with Crippen molar-refractivity contribution in [2.24, 2.45) is 5.10 Å². The SMILES string of the molecule is CN(C)c1ccc(/C=N\NC(=O)CN(c2cccc3ccccc23)S(C)(=O)=O)cc1. The molecular formula is C22H24N4O3S. The van der Waals surface area contributed by atoms with Crippen LogP contribution in [0.3, 0.4) is 0 Å². The number of fused-ring (bicyclic) bond motifs is 1. The lowest BCUT2D eigenvalue weighted by Crippen LogP contribution is -2.39. The average molecular weight is 425 g/mol. The summed E-state index contributed by atoms with van der Waals surface area (Å²) in [7, 11) is 0.224. The molecule has 30 heavy (non-hydrogen) atoms. The fourth-order valence-corrected chi connectivity index (χ4v) is 3.88. The van der Waals surface area contributed by atoms with Gasteiger partial charge in [0.2, 0.25) is 10.0 Å². The van der Waals surface area contributed by atoms with Crippen molar-refractivity contribution in [3.63, 3.8) is 0 Å². The van der Waals surface area contributed by atoms with Crippen LogP contribution in [0.2, 0.25) is 0 Å². The van der Waals surface area contributed by atoms with E-state index in [1.54, 1.807) is 12.1 Å². The summed E-state index contributed by atoms with van der Waals surface area (Å²) in [5.74, 6) is -0.533. The van der Waals surface area contributed by atoms with Crippen molar-refractivity contribution in [2.45, 2.75) is 0 Å². The predicted molar refractivity (Wildman–Crippen MR) is 123 cm³/mol. The molecule has 0 saturated carbocycles. The fourth-order valence-electron chi connectivity index (χ4n) is 3.01. The summed E-state index contributed by atoms with van der Waals surface area (Å²) in [5.41, 5.74) is 4.72. The van der Waals surface area contributed by atoms with Gasteiger partial charge in [0.05, 0.1) is 18.2 Å². The molecule has 8 heteroatoms. The molecule has 0 spiro atoms. The van der Waals surface area contributed by atoms with E-state index >= 15 is 0 Å². The molecule has 0 aromatic heterocycles. The van der Waals surface area contributed by atoms with Crippen LogP contribution in [0.5, 0.6) is 0 Å². The number of anilines is 2. The van der Waals surface area contributed by atoms with Crippen molar-refractivity contribution in [1.82, 2.24) is 5.43 Å². The Bertz CT molecular complexity index is 1170. The number of hydrazone groups is 1. The van der Waals surface area contributed by atoms with Gasteiger partial charge >= 0.3 is 0 Å². The van der Waals surface area contributed by atoms with Crippen LogP contribution in [0.4, 0.5) is 11.4 Å². The van der Waals surface area contributed by atoms with E-state index in [1.165, 1.54) is 6.21 Å². The van der Waals surface area contributed by atoms with Gasteiger partial charge in [-0.1, -0.05) is 48.5 Å². The maximum Gasteiger partial charge on any atom is 0.260 e. The van der Waals surface area contributed by atoms with Crippen LogP contribution < -0.4 is 14.6 Å². The third kappa shape index (κ3) is 5.15. The quantitative estimate of drug-likeness (QED) is 0.467. The molecule has 0 fully saturated rings. The van der Waals surface area contributed by atoms with Crippen molar-refractivity contribution in [3.8, 4) is 0 Å². The topological polar surface area (TPSA) is 82.1 Å². The first-order chi connectivity index (χ1) is 14.3. The first-order valence-corrected chi connectivity index (χ1v) is 11.2. The number of benzene rings is 3. The maximum absolute atomic E-state index is 12.4. The molecule has 0 bridgehead atoms. The lowest BCUT2D eigenvalue weighted by Gasteiger charge is -2.23. The third-order valence-corrected chi connectivity index (χ3v) is 5.66. The zero-order valence-corrected chi connectivity index (χ0v) is 17.9. The lowest BCUT2D eigenvalue weighted by atomic mass is 10.1. The van der Waals surface area contributed by atoms with Crippen molar-refractivity contribution in [1.29, 1.82) is 0 Å². The van der Waals surface area contributed by atoms with Gasteiger partial charge in [-0.3, -0.25) is 9.10 Å². The lowest BCUT2D eigenvalue weighted by molar-refractivity contribution is -0.119. The van der Waals surface area contributed by atoms with Crippen LogP contribution in [-0.2, 0) is 14.8 Å². The summed E-state index contributed by atoms with van der Waals surface area (Å²) in [4.78, 5) is 14.4. The Balaban J connectivity index is 1.75. The van der Waals surface area contributed by atoms with Crippen LogP contribution in [0.15, 0.2) is 71.8 Å². The predicted octanol–water partition coefficient (Wildman–Crippen LogP) is 2.82. The van der Waals surface area contributed by atoms with Crippen LogP contribution >= 0.6 is 0 Å². The first-order valence-electron chi connectivity index (χ1n) is 9.30. The van der Waals surface area contributed by atoms with Gasteiger partial charge in [-0.25, -0.2) is 13.8 Å². The van der Waals surface area contributed by atoms with E-state index < -0.39 is 15.9 Å². The van der Waals surface area contributed by atoms with Gasteiger partial charge < -0.3 is 4.90 Å². The van der Waals surface area contributed by atoms with E-state index in [0.29, 0.717) is 5.69 Å². The molecule has 0 atom stereocenters. The van der Waals surface area contributed by atoms with Crippen molar-refractivity contribution in [3.05, 3.63) is 72.3 Å². The smallest absolute Gasteiger partial charge is 0.260 e. The van der Waals surface area contributed by atoms with Gasteiger partial charge in [-0.15, -0.1) is 0 Å². The minimum Gasteiger partial charge on any atom is -0.378 e. The van der Waals surface area contributed by atoms with E-state index in [9.17, 15) is 13.2 Å². The summed E-state index contributed by atoms with van der Waals surface area (Å²) < 4.78 is 25.9. The van der Waals surface area contributed by atoms with Crippen LogP contribution in [0.25, 0.3) is 10.8 Å². The molecule has 0 heterocycles. The molecule has 7 nitrogen and oxygen atoms in total. The van der Waals surface area contributed by atoms with Gasteiger partial charge in [0.15, 0.2) is 0 Å². The molecule has 0 radical (unpaired) electrons. The highest BCUT2D eigenvalue weighted by Gasteiger charge is 2.22. The first kappa shape index (κ1) is 21.3. The Hall–Kier alpha value is -3.39. The number of amides is 1. The number of carbonyl (C=O) groups excluding carboxylic acids is 1. The summed E-state index contributed by atoms with van der Waals surface area (Å²) in [6.45, 7) is -0.371. The molecule has 1 N–H and O–H groups in total. The largest absolute Gasteiger partial charge is 0.378 e. The molecule has 0 saturated heterocycles. The van der Waals surface area contributed by atoms with Crippen LogP contribution in [-0.4, -0.2) is 47.4 Å². The standard InChI is InChI=1S/C22H24N4O3S/c1-25(2)19-13-11-17(12-14-19)15-23-24-22(27)16-26(30(3,28)29)21-10-6-8-18-7-4-5-9-20(18)21/h4-15H,16H2,1-3H3,(H,24,27)/b23-15-. The highest BCUT2D eigenvalue weighted by Crippen LogP contribution is 2.28. The molecule has 3 rings (SSSR count). The Kier molecular flexibility index (Phi) is 6.37. The highest BCUT2D eigenvalue weighted by molar-refractivity contribution is 7.92. The number of nitrogens with one attached hydrogen (secondary N) is 1. The van der Waals surface area contributed by atoms with Crippen molar-refractivity contribution >= 4 is 44.3 Å². The second-order valence-electron chi connectivity index (χ2n) is 7.05. The zero-order valence-electron chi connectivity index (χ0n) is 17.1. The molecule has 0 aliphatic heterocycles. The Labute approximate surface area is 176 Å². The minimum absolute atomic E-state index is 0.371. The van der Waals surface area contributed by atoms with Crippen molar-refractivity contribution < 1.29 is 13.2 Å². The second kappa shape index (κ2) is 8.96. The van der Waals surface area contributed by atoms with Gasteiger partial charge in [-0.2, -0.15) is 5.10 Å². The summed E-state index contributed by atoms with van der Waals surface area (Å²) in [6.07, 6.45) is 2.59. The van der Waals surface area contributed by atoms with Gasteiger partial charge in [-0.05, 0) is 29.1 Å². The Morgan fingerprint density at radius 2 is 1.67 bits per heavy atom. The van der Waals surface area contributed by atoms with Gasteiger partial charge in [0.1, 0.15) is 6.54 Å². The van der Waals surface area contributed by atoms with Gasteiger partial charge in [0, 0.05) is 25.2 Å². The molecule has 0 aliphatic rings. The fraction of sp³-hybridized carbons (Fsp3) is 0.182. The van der Waals surface area contributed by atoms with Crippen LogP contribution in [0, 0.1) is 0 Å². The second-order valence-corrected chi connectivity index (χ2v) is 8.95. The molecule has 1 amide bonds. The molecule has 3 aromatic rings. The van der Waals surface area contributed by atoms with E-state index in [-0.39, 0.29) is 6.54 Å². The van der Waals surface area contributed by atoms with E-state index in [4.69, 9.17) is 0 Å². The Morgan fingerprint density at radius 3 is 2.33 bits per heavy atom. The number of sulfonamides is 1. The average Bonchev–Trinajstić information content (AvgIpc) is 2.71. The third-order valence-electron chi connectivity index (χ3n) is 4.54. The summed E-state index contributed by atoms with van der Waals surface area (Å²) in [6, 6.07) is 20.4. The molecular weight excluding hydrogens is 400 g/mol. The normalized spacial score (nSPS) is 11.6. The monoisotopic (exact) mass is 424 g/mol. The molecule has 0 aliphatic carbocycles. The maximum atomic E-state index is 12.4. The molecule has 156 valence electrons. The number of rotatable bonds is 7. The summed E-state index contributed by atoms with van der Waals surface area (Å²) in [5, 5.41) is 5.59. The van der Waals surface area contributed by atoms with Gasteiger partial charge in [0.25, 0.3) is 5.91 Å². The minimum atomic E-state index is -3.68. The number of nitrogens with zero attached hydrogens (tertiary/aromatic N) is 3. The Morgan fingerprint density at radius 1 is 1.00 bits per heavy atom. The number of hydrogen-bond acceptors (Lipinski definition) is 5. The summed E-state index contributed by atoms with van der Waals surface area (Å²) >= 11 is 0. The highest BCUT2D eigenvalue weighted by atomic mass is 32.2. The van der Waals surface area contributed by atoms with E-state index in [2.05, 4.69) is 10.5 Å².